The Kier molecular flexibility index (Phi) is 4.44. The number of rotatable bonds is 3. The highest BCUT2D eigenvalue weighted by Crippen LogP contribution is 2.33. The molecule has 2 aromatic heterocycles. The first-order valence-corrected chi connectivity index (χ1v) is 7.58. The maximum Gasteiger partial charge on any atom is 0.504 e. The Labute approximate surface area is 148 Å². The third kappa shape index (κ3) is 3.26. The third-order valence-electron chi connectivity index (χ3n) is 4.27. The third-order valence-corrected chi connectivity index (χ3v) is 4.27. The second-order valence-corrected chi connectivity index (χ2v) is 5.92. The van der Waals surface area contributed by atoms with E-state index in [2.05, 4.69) is 9.84 Å². The largest absolute Gasteiger partial charge is 0.504 e. The van der Waals surface area contributed by atoms with E-state index in [-0.39, 0.29) is 45.9 Å². The summed E-state index contributed by atoms with van der Waals surface area (Å²) in [6.07, 6.45) is -3.47. The maximum atomic E-state index is 12.7. The number of amides is 1. The first-order chi connectivity index (χ1) is 12.5. The van der Waals surface area contributed by atoms with Gasteiger partial charge in [0.05, 0.1) is 30.4 Å². The number of aromatic nitrogens is 3. The number of nitrogens with zero attached hydrogens (tertiary/aromatic N) is 4. The predicted octanol–water partition coefficient (Wildman–Crippen LogP) is 2.12. The van der Waals surface area contributed by atoms with Crippen LogP contribution in [0.2, 0.25) is 0 Å². The van der Waals surface area contributed by atoms with Gasteiger partial charge >= 0.3 is 12.9 Å². The molecule has 1 aliphatic heterocycles. The average Bonchev–Trinajstić information content (AvgIpc) is 3.22. The topological polar surface area (TPSA) is 69.4 Å². The Morgan fingerprint density at radius 3 is 2.52 bits per heavy atom. The zero-order valence-corrected chi connectivity index (χ0v) is 14.0. The smallest absolute Gasteiger partial charge is 0.434 e. The van der Waals surface area contributed by atoms with Gasteiger partial charge in [-0.3, -0.25) is 9.59 Å². The zero-order valence-electron chi connectivity index (χ0n) is 14.0. The lowest BCUT2D eigenvalue weighted by molar-refractivity contribution is -0.212. The van der Waals surface area contributed by atoms with E-state index in [0.29, 0.717) is 6.20 Å². The van der Waals surface area contributed by atoms with Crippen LogP contribution >= 0.6 is 0 Å². The number of hydrogen-bond donors (Lipinski definition) is 0. The van der Waals surface area contributed by atoms with Crippen molar-refractivity contribution < 1.29 is 31.5 Å². The van der Waals surface area contributed by atoms with Gasteiger partial charge in [-0.05, 0) is 6.92 Å². The molecule has 1 amide bonds. The van der Waals surface area contributed by atoms with E-state index in [9.17, 15) is 31.5 Å². The molecule has 7 nitrogen and oxygen atoms in total. The van der Waals surface area contributed by atoms with Gasteiger partial charge in [0.2, 0.25) is 0 Å². The fraction of sp³-hybridized carbons (Fsp3) is 0.400. The summed E-state index contributed by atoms with van der Waals surface area (Å²) in [5, 5.41) is 3.10. The van der Waals surface area contributed by atoms with Gasteiger partial charge in [-0.1, -0.05) is 0 Å². The number of halogens is 5. The van der Waals surface area contributed by atoms with Crippen LogP contribution in [-0.2, 0) is 26.4 Å². The van der Waals surface area contributed by atoms with Crippen molar-refractivity contribution in [3.63, 3.8) is 0 Å². The van der Waals surface area contributed by atoms with Crippen molar-refractivity contribution in [3.05, 3.63) is 45.1 Å². The van der Waals surface area contributed by atoms with Crippen molar-refractivity contribution in [2.24, 2.45) is 7.05 Å². The lowest BCUT2D eigenvalue weighted by Crippen LogP contribution is -2.27. The van der Waals surface area contributed by atoms with E-state index in [1.807, 2.05) is 0 Å². The van der Waals surface area contributed by atoms with Gasteiger partial charge < -0.3 is 14.2 Å². The molecule has 2 aromatic rings. The van der Waals surface area contributed by atoms with Gasteiger partial charge in [0.15, 0.2) is 0 Å². The maximum absolute atomic E-state index is 12.7. The number of carbonyl (C=O) groups excluding carboxylic acids is 1. The molecular formula is C15H13F5N4O3. The van der Waals surface area contributed by atoms with Crippen molar-refractivity contribution >= 4 is 5.91 Å². The second-order valence-electron chi connectivity index (χ2n) is 5.92. The SMILES string of the molecule is Cc1c(OC(F)F)c2c(n(C)c1=O)CN(C(=O)c1cnn(C(F)(F)F)c1)C2. The minimum atomic E-state index is -4.77. The summed E-state index contributed by atoms with van der Waals surface area (Å²) in [4.78, 5) is 25.8. The summed E-state index contributed by atoms with van der Waals surface area (Å²) < 4.78 is 68.6. The molecule has 27 heavy (non-hydrogen) atoms. The molecule has 0 N–H and O–H groups in total. The molecule has 0 aliphatic carbocycles. The first-order valence-electron chi connectivity index (χ1n) is 7.58. The van der Waals surface area contributed by atoms with Crippen LogP contribution in [0.4, 0.5) is 22.0 Å². The standard InChI is InChI=1S/C15H13F5N4O3/c1-7-11(27-14(16)17)9-5-23(6-10(9)22(2)12(7)25)13(26)8-3-21-24(4-8)15(18,19)20/h3-4,14H,5-6H2,1-2H3. The molecule has 0 aromatic carbocycles. The molecule has 0 fully saturated rings. The van der Waals surface area contributed by atoms with Crippen LogP contribution in [0.3, 0.4) is 0 Å². The van der Waals surface area contributed by atoms with E-state index in [1.165, 1.54) is 18.5 Å². The molecular weight excluding hydrogens is 379 g/mol. The normalized spacial score (nSPS) is 14.0. The van der Waals surface area contributed by atoms with Gasteiger partial charge in [-0.15, -0.1) is 13.2 Å². The summed E-state index contributed by atoms with van der Waals surface area (Å²) in [6, 6.07) is 0. The Bertz CT molecular complexity index is 964. The Morgan fingerprint density at radius 1 is 1.30 bits per heavy atom. The fourth-order valence-corrected chi connectivity index (χ4v) is 2.97. The van der Waals surface area contributed by atoms with Gasteiger partial charge in [0.1, 0.15) is 5.75 Å². The number of alkyl halides is 5. The molecule has 0 radical (unpaired) electrons. The summed E-state index contributed by atoms with van der Waals surface area (Å²) >= 11 is 0. The van der Waals surface area contributed by atoms with E-state index in [4.69, 9.17) is 0 Å². The molecule has 1 aliphatic rings. The molecule has 3 rings (SSSR count). The molecule has 0 saturated heterocycles. The van der Waals surface area contributed by atoms with Crippen LogP contribution in [0.5, 0.6) is 5.75 Å². The monoisotopic (exact) mass is 392 g/mol. The minimum Gasteiger partial charge on any atom is -0.434 e. The molecule has 146 valence electrons. The van der Waals surface area contributed by atoms with Crippen LogP contribution in [0.15, 0.2) is 17.2 Å². The van der Waals surface area contributed by atoms with Crippen LogP contribution < -0.4 is 10.3 Å². The highest BCUT2D eigenvalue weighted by atomic mass is 19.4. The Balaban J connectivity index is 1.95. The first kappa shape index (κ1) is 18.9. The van der Waals surface area contributed by atoms with Gasteiger partial charge in [0, 0.05) is 24.5 Å². The van der Waals surface area contributed by atoms with Crippen molar-refractivity contribution in [1.29, 1.82) is 0 Å². The number of ether oxygens (including phenoxy) is 1. The number of pyridine rings is 1. The van der Waals surface area contributed by atoms with Crippen molar-refractivity contribution in [3.8, 4) is 5.75 Å². The van der Waals surface area contributed by atoms with Crippen LogP contribution in [0, 0.1) is 6.92 Å². The molecule has 0 spiro atoms. The average molecular weight is 392 g/mol. The molecule has 0 atom stereocenters. The summed E-state index contributed by atoms with van der Waals surface area (Å²) in [5.74, 6) is -1.10. The lowest BCUT2D eigenvalue weighted by atomic mass is 10.1. The highest BCUT2D eigenvalue weighted by Gasteiger charge is 2.35. The molecule has 12 heteroatoms. The fourth-order valence-electron chi connectivity index (χ4n) is 2.97. The molecule has 0 saturated carbocycles. The van der Waals surface area contributed by atoms with Gasteiger partial charge in [-0.2, -0.15) is 18.6 Å². The summed E-state index contributed by atoms with van der Waals surface area (Å²) in [6.45, 7) is -2.19. The Hall–Kier alpha value is -2.92. The van der Waals surface area contributed by atoms with E-state index >= 15 is 0 Å². The molecule has 0 bridgehead atoms. The molecule has 0 unspecified atom stereocenters. The van der Waals surface area contributed by atoms with E-state index in [0.717, 1.165) is 11.1 Å². The van der Waals surface area contributed by atoms with E-state index < -0.39 is 24.4 Å². The number of hydrogen-bond acceptors (Lipinski definition) is 4. The number of fused-ring (bicyclic) bond motifs is 1. The second kappa shape index (κ2) is 6.35. The Morgan fingerprint density at radius 2 is 1.96 bits per heavy atom. The summed E-state index contributed by atoms with van der Waals surface area (Å²) in [7, 11) is 1.41. The highest BCUT2D eigenvalue weighted by molar-refractivity contribution is 5.94. The zero-order chi connectivity index (χ0) is 20.1. The van der Waals surface area contributed by atoms with Crippen molar-refractivity contribution in [1.82, 2.24) is 19.2 Å². The van der Waals surface area contributed by atoms with Crippen molar-refractivity contribution in [2.45, 2.75) is 32.9 Å². The predicted molar refractivity (Wildman–Crippen MR) is 80.2 cm³/mol. The lowest BCUT2D eigenvalue weighted by Gasteiger charge is -2.14. The quantitative estimate of drug-likeness (QED) is 0.751. The van der Waals surface area contributed by atoms with Crippen LogP contribution in [0.25, 0.3) is 0 Å². The van der Waals surface area contributed by atoms with Crippen LogP contribution in [-0.4, -0.2) is 31.8 Å². The van der Waals surface area contributed by atoms with Crippen molar-refractivity contribution in [2.75, 3.05) is 0 Å². The van der Waals surface area contributed by atoms with E-state index in [1.54, 1.807) is 0 Å². The van der Waals surface area contributed by atoms with Gasteiger partial charge in [-0.25, -0.2) is 0 Å². The summed E-state index contributed by atoms with van der Waals surface area (Å²) in [5.41, 5.74) is -0.443. The minimum absolute atomic E-state index is 0.0456. The van der Waals surface area contributed by atoms with Crippen LogP contribution in [0.1, 0.15) is 27.2 Å². The van der Waals surface area contributed by atoms with Gasteiger partial charge in [0.25, 0.3) is 11.5 Å². The number of carbonyl (C=O) groups is 1. The molecule has 3 heterocycles.